The molecule has 0 unspecified atom stereocenters. The maximum absolute atomic E-state index is 10.5. The van der Waals surface area contributed by atoms with Gasteiger partial charge >= 0.3 is 5.97 Å². The Hall–Kier alpha value is -1.39. The quantitative estimate of drug-likeness (QED) is 0.759. The topological polar surface area (TPSA) is 58.6 Å². The van der Waals surface area contributed by atoms with Crippen LogP contribution >= 0.6 is 0 Å². The normalized spacial score (nSPS) is 16.0. The van der Waals surface area contributed by atoms with Crippen molar-refractivity contribution in [2.75, 3.05) is 0 Å². The molecule has 4 nitrogen and oxygen atoms in total. The van der Waals surface area contributed by atoms with Gasteiger partial charge in [-0.2, -0.15) is 5.48 Å². The minimum Gasteiger partial charge on any atom is -0.481 e. The van der Waals surface area contributed by atoms with Crippen LogP contribution in [0.2, 0.25) is 0 Å². The summed E-state index contributed by atoms with van der Waals surface area (Å²) in [5, 5.41) is 8.67. The van der Waals surface area contributed by atoms with E-state index in [1.807, 2.05) is 24.3 Å². The molecule has 1 saturated carbocycles. The zero-order valence-corrected chi connectivity index (χ0v) is 10.4. The van der Waals surface area contributed by atoms with Gasteiger partial charge in [0.05, 0.1) is 12.5 Å². The molecule has 98 valence electrons. The van der Waals surface area contributed by atoms with Gasteiger partial charge in [-0.15, -0.1) is 0 Å². The molecule has 18 heavy (non-hydrogen) atoms. The molecule has 0 spiro atoms. The smallest absolute Gasteiger partial charge is 0.307 e. The third kappa shape index (κ3) is 4.13. The van der Waals surface area contributed by atoms with Gasteiger partial charge in [0.25, 0.3) is 0 Å². The van der Waals surface area contributed by atoms with E-state index < -0.39 is 5.97 Å². The molecule has 0 atom stereocenters. The van der Waals surface area contributed by atoms with Gasteiger partial charge in [0, 0.05) is 6.54 Å². The number of benzene rings is 1. The van der Waals surface area contributed by atoms with E-state index in [0.29, 0.717) is 12.6 Å². The number of hydrogen-bond donors (Lipinski definition) is 2. The third-order valence-electron chi connectivity index (χ3n) is 3.21. The summed E-state index contributed by atoms with van der Waals surface area (Å²) >= 11 is 0. The van der Waals surface area contributed by atoms with Crippen molar-refractivity contribution in [1.82, 2.24) is 5.48 Å². The predicted molar refractivity (Wildman–Crippen MR) is 68.0 cm³/mol. The van der Waals surface area contributed by atoms with Crippen LogP contribution < -0.4 is 5.48 Å². The Bertz CT molecular complexity index is 383. The lowest BCUT2D eigenvalue weighted by atomic mass is 10.1. The van der Waals surface area contributed by atoms with Crippen molar-refractivity contribution < 1.29 is 14.7 Å². The van der Waals surface area contributed by atoms with E-state index in [-0.39, 0.29) is 6.42 Å². The maximum atomic E-state index is 10.5. The fourth-order valence-corrected chi connectivity index (χ4v) is 2.20. The molecule has 4 heteroatoms. The van der Waals surface area contributed by atoms with Crippen LogP contribution in [-0.4, -0.2) is 17.2 Å². The Kier molecular flexibility index (Phi) is 4.73. The number of carboxylic acid groups (broad SMARTS) is 1. The summed E-state index contributed by atoms with van der Waals surface area (Å²) in [5.41, 5.74) is 4.91. The van der Waals surface area contributed by atoms with Gasteiger partial charge < -0.3 is 5.11 Å². The third-order valence-corrected chi connectivity index (χ3v) is 3.21. The van der Waals surface area contributed by atoms with Crippen LogP contribution in [0, 0.1) is 0 Å². The van der Waals surface area contributed by atoms with Crippen LogP contribution in [-0.2, 0) is 22.6 Å². The Morgan fingerprint density at radius 3 is 2.44 bits per heavy atom. The Morgan fingerprint density at radius 2 is 1.83 bits per heavy atom. The second-order valence-electron chi connectivity index (χ2n) is 4.73. The highest BCUT2D eigenvalue weighted by atomic mass is 16.7. The number of aliphatic carboxylic acids is 1. The molecule has 1 fully saturated rings. The summed E-state index contributed by atoms with van der Waals surface area (Å²) in [5.74, 6) is -0.801. The van der Waals surface area contributed by atoms with Crippen molar-refractivity contribution in [1.29, 1.82) is 0 Å². The molecule has 1 aliphatic rings. The lowest BCUT2D eigenvalue weighted by molar-refractivity contribution is -0.136. The summed E-state index contributed by atoms with van der Waals surface area (Å²) in [6.07, 6.45) is 5.24. The zero-order chi connectivity index (χ0) is 12.8. The number of carbonyl (C=O) groups is 1. The molecule has 2 N–H and O–H groups in total. The number of hydrogen-bond acceptors (Lipinski definition) is 3. The Morgan fingerprint density at radius 1 is 1.22 bits per heavy atom. The first-order chi connectivity index (χ1) is 8.74. The van der Waals surface area contributed by atoms with Crippen molar-refractivity contribution in [3.05, 3.63) is 35.4 Å². The van der Waals surface area contributed by atoms with Crippen LogP contribution in [0.5, 0.6) is 0 Å². The average molecular weight is 249 g/mol. The van der Waals surface area contributed by atoms with Crippen molar-refractivity contribution >= 4 is 5.97 Å². The predicted octanol–water partition coefficient (Wildman–Crippen LogP) is 2.28. The SMILES string of the molecule is O=C(O)Cc1ccc(CNOC2CCCC2)cc1. The molecule has 0 amide bonds. The van der Waals surface area contributed by atoms with E-state index in [0.717, 1.165) is 24.0 Å². The summed E-state index contributed by atoms with van der Waals surface area (Å²) in [6, 6.07) is 7.56. The summed E-state index contributed by atoms with van der Waals surface area (Å²) < 4.78 is 0. The van der Waals surface area contributed by atoms with E-state index >= 15 is 0 Å². The fraction of sp³-hybridized carbons (Fsp3) is 0.500. The van der Waals surface area contributed by atoms with Gasteiger partial charge in [0.15, 0.2) is 0 Å². The molecular weight excluding hydrogens is 230 g/mol. The van der Waals surface area contributed by atoms with Crippen LogP contribution in [0.4, 0.5) is 0 Å². The lowest BCUT2D eigenvalue weighted by Crippen LogP contribution is -2.21. The zero-order valence-electron chi connectivity index (χ0n) is 10.4. The number of rotatable bonds is 6. The first kappa shape index (κ1) is 13.1. The molecule has 0 aromatic heterocycles. The molecule has 0 heterocycles. The molecule has 0 bridgehead atoms. The second-order valence-corrected chi connectivity index (χ2v) is 4.73. The summed E-state index contributed by atoms with van der Waals surface area (Å²) in [4.78, 5) is 16.1. The van der Waals surface area contributed by atoms with E-state index in [2.05, 4.69) is 5.48 Å². The molecule has 1 aromatic carbocycles. The molecular formula is C14H19NO3. The average Bonchev–Trinajstić information content (AvgIpc) is 2.84. The largest absolute Gasteiger partial charge is 0.481 e. The van der Waals surface area contributed by atoms with Crippen molar-refractivity contribution in [3.63, 3.8) is 0 Å². The summed E-state index contributed by atoms with van der Waals surface area (Å²) in [6.45, 7) is 0.657. The van der Waals surface area contributed by atoms with Crippen molar-refractivity contribution in [2.45, 2.75) is 44.8 Å². The van der Waals surface area contributed by atoms with Crippen molar-refractivity contribution in [2.24, 2.45) is 0 Å². The maximum Gasteiger partial charge on any atom is 0.307 e. The van der Waals surface area contributed by atoms with Crippen LogP contribution in [0.25, 0.3) is 0 Å². The van der Waals surface area contributed by atoms with Gasteiger partial charge in [0.2, 0.25) is 0 Å². The standard InChI is InChI=1S/C14H19NO3/c16-14(17)9-11-5-7-12(8-6-11)10-15-18-13-3-1-2-4-13/h5-8,13,15H,1-4,9-10H2,(H,16,17). The molecule has 0 aliphatic heterocycles. The van der Waals surface area contributed by atoms with E-state index in [1.165, 1.54) is 12.8 Å². The monoisotopic (exact) mass is 249 g/mol. The Labute approximate surface area is 107 Å². The number of hydroxylamine groups is 1. The van der Waals surface area contributed by atoms with E-state index in [1.54, 1.807) is 0 Å². The first-order valence-electron chi connectivity index (χ1n) is 6.42. The van der Waals surface area contributed by atoms with Gasteiger partial charge in [-0.3, -0.25) is 9.63 Å². The first-order valence-corrected chi connectivity index (χ1v) is 6.42. The minimum atomic E-state index is -0.801. The second kappa shape index (κ2) is 6.52. The number of carboxylic acids is 1. The number of nitrogens with one attached hydrogen (secondary N) is 1. The van der Waals surface area contributed by atoms with Crippen LogP contribution in [0.15, 0.2) is 24.3 Å². The van der Waals surface area contributed by atoms with E-state index in [9.17, 15) is 4.79 Å². The van der Waals surface area contributed by atoms with Gasteiger partial charge in [-0.05, 0) is 24.0 Å². The molecule has 1 aromatic rings. The molecule has 0 saturated heterocycles. The van der Waals surface area contributed by atoms with Gasteiger partial charge in [-0.25, -0.2) is 0 Å². The van der Waals surface area contributed by atoms with Crippen LogP contribution in [0.1, 0.15) is 36.8 Å². The van der Waals surface area contributed by atoms with Crippen molar-refractivity contribution in [3.8, 4) is 0 Å². The molecule has 0 radical (unpaired) electrons. The van der Waals surface area contributed by atoms with Gasteiger partial charge in [-0.1, -0.05) is 37.1 Å². The Balaban J connectivity index is 1.73. The van der Waals surface area contributed by atoms with Gasteiger partial charge in [0.1, 0.15) is 0 Å². The highest BCUT2D eigenvalue weighted by molar-refractivity contribution is 5.70. The molecule has 2 rings (SSSR count). The highest BCUT2D eigenvalue weighted by Crippen LogP contribution is 2.19. The lowest BCUT2D eigenvalue weighted by Gasteiger charge is -2.11. The minimum absolute atomic E-state index is 0.0757. The van der Waals surface area contributed by atoms with E-state index in [4.69, 9.17) is 9.94 Å². The van der Waals surface area contributed by atoms with Crippen LogP contribution in [0.3, 0.4) is 0 Å². The molecule has 1 aliphatic carbocycles. The fourth-order valence-electron chi connectivity index (χ4n) is 2.20. The summed E-state index contributed by atoms with van der Waals surface area (Å²) in [7, 11) is 0. The highest BCUT2D eigenvalue weighted by Gasteiger charge is 2.15.